The van der Waals surface area contributed by atoms with Crippen molar-refractivity contribution in [3.63, 3.8) is 0 Å². The Labute approximate surface area is 117 Å². The fourth-order valence-electron chi connectivity index (χ4n) is 1.61. The number of carbonyl (C=O) groups is 1. The molecule has 108 valence electrons. The van der Waals surface area contributed by atoms with Crippen molar-refractivity contribution in [2.24, 2.45) is 0 Å². The van der Waals surface area contributed by atoms with Crippen LogP contribution < -0.4 is 4.74 Å². The van der Waals surface area contributed by atoms with Gasteiger partial charge in [0.15, 0.2) is 0 Å². The second kappa shape index (κ2) is 5.95. The highest BCUT2D eigenvalue weighted by atomic mass is 19.1. The predicted molar refractivity (Wildman–Crippen MR) is 68.6 cm³/mol. The van der Waals surface area contributed by atoms with E-state index in [0.29, 0.717) is 5.56 Å². The van der Waals surface area contributed by atoms with Crippen LogP contribution in [0.5, 0.6) is 5.75 Å². The maximum absolute atomic E-state index is 13.5. The molecule has 0 aliphatic heterocycles. The Morgan fingerprint density at radius 1 is 1.43 bits per heavy atom. The quantitative estimate of drug-likeness (QED) is 0.670. The Bertz CT molecular complexity index is 705. The lowest BCUT2D eigenvalue weighted by atomic mass is 10.1. The molecular formula is C13H9FN2O5. The summed E-state index contributed by atoms with van der Waals surface area (Å²) in [6.07, 6.45) is 1.26. The molecule has 0 spiro atoms. The van der Waals surface area contributed by atoms with Gasteiger partial charge in [-0.2, -0.15) is 0 Å². The number of halogens is 1. The van der Waals surface area contributed by atoms with Crippen molar-refractivity contribution in [1.29, 1.82) is 0 Å². The van der Waals surface area contributed by atoms with Crippen LogP contribution in [0.15, 0.2) is 36.5 Å². The molecule has 1 aromatic carbocycles. The van der Waals surface area contributed by atoms with E-state index in [0.717, 1.165) is 12.1 Å². The molecule has 0 bridgehead atoms. The van der Waals surface area contributed by atoms with Gasteiger partial charge in [0.1, 0.15) is 18.6 Å². The molecule has 0 saturated heterocycles. The zero-order valence-electron chi connectivity index (χ0n) is 10.5. The van der Waals surface area contributed by atoms with Crippen molar-refractivity contribution in [3.05, 3.63) is 63.6 Å². The molecule has 0 saturated carbocycles. The summed E-state index contributed by atoms with van der Waals surface area (Å²) in [6, 6.07) is 6.32. The molecule has 1 heterocycles. The summed E-state index contributed by atoms with van der Waals surface area (Å²) in [5.41, 5.74) is -0.109. The largest absolute Gasteiger partial charge is 0.481 e. The Morgan fingerprint density at radius 3 is 2.81 bits per heavy atom. The number of carboxylic acids is 1. The first-order valence-electron chi connectivity index (χ1n) is 5.73. The van der Waals surface area contributed by atoms with Gasteiger partial charge in [0.05, 0.1) is 5.56 Å². The van der Waals surface area contributed by atoms with E-state index >= 15 is 0 Å². The van der Waals surface area contributed by atoms with Gasteiger partial charge in [0.2, 0.25) is 5.75 Å². The van der Waals surface area contributed by atoms with Crippen LogP contribution >= 0.6 is 0 Å². The molecule has 0 aliphatic carbocycles. The SMILES string of the molecule is O=C(O)c1ccc(COc2cccnc2[N+](=O)[O-])cc1F. The number of hydrogen-bond acceptors (Lipinski definition) is 5. The molecule has 0 atom stereocenters. The van der Waals surface area contributed by atoms with Crippen LogP contribution in [0.4, 0.5) is 10.2 Å². The number of nitrogens with zero attached hydrogens (tertiary/aromatic N) is 2. The molecule has 1 aromatic heterocycles. The number of carboxylic acid groups (broad SMARTS) is 1. The summed E-state index contributed by atoms with van der Waals surface area (Å²) in [7, 11) is 0. The molecule has 8 heteroatoms. The van der Waals surface area contributed by atoms with E-state index in [4.69, 9.17) is 9.84 Å². The number of rotatable bonds is 5. The van der Waals surface area contributed by atoms with E-state index < -0.39 is 28.1 Å². The zero-order chi connectivity index (χ0) is 15.4. The van der Waals surface area contributed by atoms with E-state index in [2.05, 4.69) is 4.98 Å². The van der Waals surface area contributed by atoms with Gasteiger partial charge in [0.25, 0.3) is 0 Å². The molecule has 21 heavy (non-hydrogen) atoms. The molecule has 0 radical (unpaired) electrons. The molecule has 7 nitrogen and oxygen atoms in total. The van der Waals surface area contributed by atoms with Gasteiger partial charge in [-0.25, -0.2) is 9.18 Å². The van der Waals surface area contributed by atoms with Crippen molar-refractivity contribution in [2.75, 3.05) is 0 Å². The lowest BCUT2D eigenvalue weighted by Crippen LogP contribution is -2.04. The standard InChI is InChI=1S/C13H9FN2O5/c14-10-6-8(3-4-9(10)13(17)18)7-21-11-2-1-5-15-12(11)16(19)20/h1-6H,7H2,(H,17,18). The fraction of sp³-hybridized carbons (Fsp3) is 0.0769. The molecule has 1 N–H and O–H groups in total. The topological polar surface area (TPSA) is 103 Å². The Hall–Kier alpha value is -3.03. The van der Waals surface area contributed by atoms with Gasteiger partial charge in [-0.1, -0.05) is 6.07 Å². The predicted octanol–water partition coefficient (Wildman–Crippen LogP) is 2.41. The van der Waals surface area contributed by atoms with E-state index in [1.54, 1.807) is 0 Å². The molecule has 0 unspecified atom stereocenters. The number of ether oxygens (including phenoxy) is 1. The Morgan fingerprint density at radius 2 is 2.19 bits per heavy atom. The van der Waals surface area contributed by atoms with Crippen LogP contribution in [0, 0.1) is 15.9 Å². The number of aromatic nitrogens is 1. The van der Waals surface area contributed by atoms with Crippen molar-refractivity contribution >= 4 is 11.8 Å². The highest BCUT2D eigenvalue weighted by Crippen LogP contribution is 2.24. The molecule has 2 aromatic rings. The lowest BCUT2D eigenvalue weighted by molar-refractivity contribution is -0.390. The third kappa shape index (κ3) is 3.30. The van der Waals surface area contributed by atoms with Gasteiger partial charge in [-0.15, -0.1) is 0 Å². The van der Waals surface area contributed by atoms with E-state index in [-0.39, 0.29) is 12.4 Å². The number of benzene rings is 1. The van der Waals surface area contributed by atoms with E-state index in [1.807, 2.05) is 0 Å². The average molecular weight is 292 g/mol. The second-order valence-corrected chi connectivity index (χ2v) is 3.99. The first-order chi connectivity index (χ1) is 9.99. The third-order valence-corrected chi connectivity index (χ3v) is 2.58. The maximum atomic E-state index is 13.5. The Balaban J connectivity index is 2.16. The van der Waals surface area contributed by atoms with Crippen LogP contribution in [0.2, 0.25) is 0 Å². The first kappa shape index (κ1) is 14.4. The smallest absolute Gasteiger partial charge is 0.406 e. The number of pyridine rings is 1. The van der Waals surface area contributed by atoms with Gasteiger partial charge in [-0.05, 0) is 39.7 Å². The van der Waals surface area contributed by atoms with Crippen LogP contribution in [0.25, 0.3) is 0 Å². The molecule has 2 rings (SSSR count). The van der Waals surface area contributed by atoms with Crippen molar-refractivity contribution < 1.29 is 24.0 Å². The van der Waals surface area contributed by atoms with Crippen LogP contribution in [-0.4, -0.2) is 21.0 Å². The van der Waals surface area contributed by atoms with Crippen LogP contribution in [0.3, 0.4) is 0 Å². The van der Waals surface area contributed by atoms with Gasteiger partial charge < -0.3 is 20.0 Å². The van der Waals surface area contributed by atoms with E-state index in [9.17, 15) is 19.3 Å². The van der Waals surface area contributed by atoms with Gasteiger partial charge in [-0.3, -0.25) is 0 Å². The zero-order valence-corrected chi connectivity index (χ0v) is 10.5. The number of nitro groups is 1. The molecule has 0 fully saturated rings. The minimum atomic E-state index is -1.37. The lowest BCUT2D eigenvalue weighted by Gasteiger charge is -2.07. The van der Waals surface area contributed by atoms with Gasteiger partial charge >= 0.3 is 11.8 Å². The minimum Gasteiger partial charge on any atom is -0.481 e. The summed E-state index contributed by atoms with van der Waals surface area (Å²) in [5, 5.41) is 19.5. The summed E-state index contributed by atoms with van der Waals surface area (Å²) in [5.74, 6) is -2.77. The number of aromatic carboxylic acids is 1. The van der Waals surface area contributed by atoms with Crippen molar-refractivity contribution in [1.82, 2.24) is 4.98 Å². The van der Waals surface area contributed by atoms with Gasteiger partial charge in [0, 0.05) is 0 Å². The normalized spacial score (nSPS) is 10.1. The summed E-state index contributed by atoms with van der Waals surface area (Å²) < 4.78 is 18.7. The summed E-state index contributed by atoms with van der Waals surface area (Å²) in [6.45, 7) is -0.149. The Kier molecular flexibility index (Phi) is 4.07. The molecule has 0 aliphatic rings. The average Bonchev–Trinajstić information content (AvgIpc) is 2.45. The fourth-order valence-corrected chi connectivity index (χ4v) is 1.61. The molecular weight excluding hydrogens is 283 g/mol. The summed E-state index contributed by atoms with van der Waals surface area (Å²) in [4.78, 5) is 24.3. The van der Waals surface area contributed by atoms with Crippen molar-refractivity contribution in [3.8, 4) is 5.75 Å². The highest BCUT2D eigenvalue weighted by molar-refractivity contribution is 5.87. The summed E-state index contributed by atoms with van der Waals surface area (Å²) >= 11 is 0. The highest BCUT2D eigenvalue weighted by Gasteiger charge is 2.16. The van der Waals surface area contributed by atoms with Crippen LogP contribution in [0.1, 0.15) is 15.9 Å². The van der Waals surface area contributed by atoms with E-state index in [1.165, 1.54) is 24.4 Å². The first-order valence-corrected chi connectivity index (χ1v) is 5.73. The minimum absolute atomic E-state index is 0.0507. The third-order valence-electron chi connectivity index (χ3n) is 2.58. The monoisotopic (exact) mass is 292 g/mol. The second-order valence-electron chi connectivity index (χ2n) is 3.99. The van der Waals surface area contributed by atoms with Crippen LogP contribution in [-0.2, 0) is 6.61 Å². The molecule has 0 amide bonds. The maximum Gasteiger partial charge on any atom is 0.406 e. The number of hydrogen-bond donors (Lipinski definition) is 1. The van der Waals surface area contributed by atoms with Crippen molar-refractivity contribution in [2.45, 2.75) is 6.61 Å².